The van der Waals surface area contributed by atoms with Gasteiger partial charge in [0.2, 0.25) is 0 Å². The molecule has 1 aliphatic heterocycles. The number of ether oxygens (including phenoxy) is 1. The van der Waals surface area contributed by atoms with Gasteiger partial charge in [-0.2, -0.15) is 0 Å². The van der Waals surface area contributed by atoms with Crippen LogP contribution < -0.4 is 4.74 Å². The average molecular weight is 319 g/mol. The zero-order valence-electron chi connectivity index (χ0n) is 12.0. The van der Waals surface area contributed by atoms with Crippen LogP contribution in [-0.2, 0) is 4.79 Å². The van der Waals surface area contributed by atoms with E-state index < -0.39 is 0 Å². The Hall–Kier alpha value is -1.59. The number of benzene rings is 1. The van der Waals surface area contributed by atoms with Crippen molar-refractivity contribution in [2.24, 2.45) is 0 Å². The third-order valence-electron chi connectivity index (χ3n) is 2.73. The summed E-state index contributed by atoms with van der Waals surface area (Å²) in [4.78, 5) is 14.4. The summed E-state index contributed by atoms with van der Waals surface area (Å²) in [7, 11) is 0. The highest BCUT2D eigenvalue weighted by molar-refractivity contribution is 8.26. The number of carbonyl (C=O) groups is 1. The van der Waals surface area contributed by atoms with Crippen molar-refractivity contribution >= 4 is 40.3 Å². The van der Waals surface area contributed by atoms with Crippen molar-refractivity contribution < 1.29 is 9.53 Å². The van der Waals surface area contributed by atoms with Gasteiger partial charge in [0.15, 0.2) is 0 Å². The van der Waals surface area contributed by atoms with Crippen molar-refractivity contribution in [2.45, 2.75) is 20.0 Å². The van der Waals surface area contributed by atoms with Crippen LogP contribution in [0.3, 0.4) is 0 Å². The molecule has 110 valence electrons. The van der Waals surface area contributed by atoms with Crippen LogP contribution in [0, 0.1) is 0 Å². The van der Waals surface area contributed by atoms with Crippen molar-refractivity contribution in [1.29, 1.82) is 0 Å². The summed E-state index contributed by atoms with van der Waals surface area (Å²) in [6, 6.07) is 7.65. The molecule has 0 spiro atoms. The van der Waals surface area contributed by atoms with Crippen LogP contribution in [0.25, 0.3) is 6.08 Å². The maximum atomic E-state index is 12.2. The Balaban J connectivity index is 2.15. The van der Waals surface area contributed by atoms with Crippen molar-refractivity contribution in [1.82, 2.24) is 4.90 Å². The first-order chi connectivity index (χ1) is 10.0. The van der Waals surface area contributed by atoms with Gasteiger partial charge in [0.1, 0.15) is 10.1 Å². The Bertz CT molecular complexity index is 591. The lowest BCUT2D eigenvalue weighted by molar-refractivity contribution is -0.121. The first-order valence-corrected chi connectivity index (χ1v) is 7.86. The van der Waals surface area contributed by atoms with Crippen molar-refractivity contribution in [3.05, 3.63) is 47.4 Å². The van der Waals surface area contributed by atoms with Gasteiger partial charge in [0, 0.05) is 6.54 Å². The first kappa shape index (κ1) is 15.8. The molecule has 1 aliphatic rings. The molecule has 0 bridgehead atoms. The minimum Gasteiger partial charge on any atom is -0.491 e. The smallest absolute Gasteiger partial charge is 0.266 e. The van der Waals surface area contributed by atoms with E-state index in [9.17, 15) is 4.79 Å². The fourth-order valence-corrected chi connectivity index (χ4v) is 3.13. The molecule has 1 amide bonds. The average Bonchev–Trinajstić information content (AvgIpc) is 2.69. The van der Waals surface area contributed by atoms with Gasteiger partial charge in [-0.05, 0) is 37.6 Å². The molecule has 0 N–H and O–H groups in total. The summed E-state index contributed by atoms with van der Waals surface area (Å²) in [6.45, 7) is 8.06. The van der Waals surface area contributed by atoms with Crippen LogP contribution in [0.2, 0.25) is 0 Å². The molecule has 0 atom stereocenters. The largest absolute Gasteiger partial charge is 0.491 e. The molecule has 1 aromatic rings. The number of hydrogen-bond donors (Lipinski definition) is 0. The molecule has 0 unspecified atom stereocenters. The molecule has 0 saturated carbocycles. The molecule has 0 radical (unpaired) electrons. The van der Waals surface area contributed by atoms with Gasteiger partial charge >= 0.3 is 0 Å². The molecule has 21 heavy (non-hydrogen) atoms. The molecule has 2 rings (SSSR count). The summed E-state index contributed by atoms with van der Waals surface area (Å²) in [6.07, 6.45) is 3.67. The highest BCUT2D eigenvalue weighted by Gasteiger charge is 2.30. The van der Waals surface area contributed by atoms with Crippen molar-refractivity contribution in [3.8, 4) is 5.75 Å². The Morgan fingerprint density at radius 2 is 2.05 bits per heavy atom. The lowest BCUT2D eigenvalue weighted by Gasteiger charge is -2.10. The summed E-state index contributed by atoms with van der Waals surface area (Å²) < 4.78 is 6.17. The molecular weight excluding hydrogens is 302 g/mol. The highest BCUT2D eigenvalue weighted by Crippen LogP contribution is 2.32. The lowest BCUT2D eigenvalue weighted by Crippen LogP contribution is -2.27. The minimum absolute atomic E-state index is 0.0626. The molecular formula is C16H17NO2S2. The molecule has 1 heterocycles. The molecule has 1 saturated heterocycles. The van der Waals surface area contributed by atoms with E-state index in [-0.39, 0.29) is 12.0 Å². The van der Waals surface area contributed by atoms with Crippen molar-refractivity contribution in [3.63, 3.8) is 0 Å². The standard InChI is InChI=1S/C16H17NO2S2/c1-4-9-17-15(18)14(21-16(17)20)10-12-5-7-13(8-6-12)19-11(2)3/h4-8,10-11H,1,9H2,2-3H3/b14-10+. The van der Waals surface area contributed by atoms with Crippen LogP contribution in [-0.4, -0.2) is 27.8 Å². The lowest BCUT2D eigenvalue weighted by atomic mass is 10.2. The van der Waals surface area contributed by atoms with Gasteiger partial charge in [0.25, 0.3) is 5.91 Å². The fourth-order valence-electron chi connectivity index (χ4n) is 1.85. The highest BCUT2D eigenvalue weighted by atomic mass is 32.2. The van der Waals surface area contributed by atoms with Gasteiger partial charge in [-0.3, -0.25) is 9.69 Å². The van der Waals surface area contributed by atoms with Gasteiger partial charge in [-0.15, -0.1) is 6.58 Å². The summed E-state index contributed by atoms with van der Waals surface area (Å²) in [5.74, 6) is 0.758. The van der Waals surface area contributed by atoms with E-state index in [0.29, 0.717) is 15.8 Å². The van der Waals surface area contributed by atoms with E-state index in [1.165, 1.54) is 11.8 Å². The van der Waals surface area contributed by atoms with Crippen LogP contribution >= 0.6 is 24.0 Å². The van der Waals surface area contributed by atoms with Gasteiger partial charge in [-0.1, -0.05) is 42.2 Å². The third kappa shape index (κ3) is 3.95. The number of rotatable bonds is 5. The molecule has 5 heteroatoms. The number of thiocarbonyl (C=S) groups is 1. The Labute approximate surface area is 134 Å². The topological polar surface area (TPSA) is 29.5 Å². The monoisotopic (exact) mass is 319 g/mol. The Morgan fingerprint density at radius 1 is 1.38 bits per heavy atom. The number of nitrogens with zero attached hydrogens (tertiary/aromatic N) is 1. The van der Waals surface area contributed by atoms with E-state index in [4.69, 9.17) is 17.0 Å². The summed E-state index contributed by atoms with van der Waals surface area (Å²) in [5.41, 5.74) is 0.949. The Kier molecular flexibility index (Phi) is 5.20. The second-order valence-corrected chi connectivity index (χ2v) is 6.49. The fraction of sp³-hybridized carbons (Fsp3) is 0.250. The molecule has 0 aromatic heterocycles. The van der Waals surface area contributed by atoms with Gasteiger partial charge in [0.05, 0.1) is 11.0 Å². The first-order valence-electron chi connectivity index (χ1n) is 6.64. The van der Waals surface area contributed by atoms with Crippen LogP contribution in [0.5, 0.6) is 5.75 Å². The predicted octanol–water partition coefficient (Wildman–Crippen LogP) is 3.86. The number of carbonyl (C=O) groups excluding carboxylic acids is 1. The summed E-state index contributed by atoms with van der Waals surface area (Å²) >= 11 is 6.53. The van der Waals surface area contributed by atoms with E-state index >= 15 is 0 Å². The number of amides is 1. The SMILES string of the molecule is C=CCN1C(=O)/C(=C\c2ccc(OC(C)C)cc2)SC1=S. The van der Waals surface area contributed by atoms with Crippen LogP contribution in [0.4, 0.5) is 0 Å². The number of hydrogen-bond acceptors (Lipinski definition) is 4. The second-order valence-electron chi connectivity index (χ2n) is 4.82. The normalized spacial score (nSPS) is 16.9. The van der Waals surface area contributed by atoms with E-state index in [0.717, 1.165) is 11.3 Å². The predicted molar refractivity (Wildman–Crippen MR) is 92.3 cm³/mol. The minimum atomic E-state index is -0.0626. The van der Waals surface area contributed by atoms with E-state index in [2.05, 4.69) is 6.58 Å². The van der Waals surface area contributed by atoms with Crippen molar-refractivity contribution in [2.75, 3.05) is 6.54 Å². The summed E-state index contributed by atoms with van der Waals surface area (Å²) in [5, 5.41) is 0. The maximum absolute atomic E-state index is 12.2. The van der Waals surface area contributed by atoms with Gasteiger partial charge < -0.3 is 4.74 Å². The zero-order chi connectivity index (χ0) is 15.4. The number of thioether (sulfide) groups is 1. The van der Waals surface area contributed by atoms with E-state index in [1.807, 2.05) is 44.2 Å². The molecule has 1 fully saturated rings. The second kappa shape index (κ2) is 6.91. The van der Waals surface area contributed by atoms with Crippen LogP contribution in [0.15, 0.2) is 41.8 Å². The molecule has 3 nitrogen and oxygen atoms in total. The van der Waals surface area contributed by atoms with E-state index in [1.54, 1.807) is 11.0 Å². The third-order valence-corrected chi connectivity index (χ3v) is 4.11. The molecule has 1 aromatic carbocycles. The Morgan fingerprint density at radius 3 is 2.62 bits per heavy atom. The maximum Gasteiger partial charge on any atom is 0.266 e. The van der Waals surface area contributed by atoms with Gasteiger partial charge in [-0.25, -0.2) is 0 Å². The zero-order valence-corrected chi connectivity index (χ0v) is 13.7. The quantitative estimate of drug-likeness (QED) is 0.468. The van der Waals surface area contributed by atoms with Crippen LogP contribution in [0.1, 0.15) is 19.4 Å². The molecule has 0 aliphatic carbocycles.